The molecule has 0 aromatic heterocycles. The highest BCUT2D eigenvalue weighted by Gasteiger charge is 2.28. The third-order valence-electron chi connectivity index (χ3n) is 3.37. The number of hydrogen-bond acceptors (Lipinski definition) is 2. The van der Waals surface area contributed by atoms with Crippen LogP contribution < -0.4 is 4.90 Å². The molecular formula is C15H21NO. The van der Waals surface area contributed by atoms with Crippen LogP contribution in [-0.2, 0) is 11.2 Å². The van der Waals surface area contributed by atoms with Crippen LogP contribution in [0.25, 0.3) is 0 Å². The van der Waals surface area contributed by atoms with E-state index in [0.717, 1.165) is 32.1 Å². The Labute approximate surface area is 104 Å². The number of carbonyl (C=O) groups excluding carboxylic acids is 1. The lowest BCUT2D eigenvalue weighted by Gasteiger charge is -2.12. The Morgan fingerprint density at radius 3 is 2.41 bits per heavy atom. The number of benzene rings is 1. The lowest BCUT2D eigenvalue weighted by Crippen LogP contribution is -2.08. The standard InChI is InChI=1S/C15H21NO/c1-16(2)14-10-6-12(7-11-14)4-3-5-15(17)13-8-9-13/h6-7,10-11,13H,3-5,8-9H2,1-2H3. The molecule has 0 radical (unpaired) electrons. The van der Waals surface area contributed by atoms with Crippen LogP contribution in [0.1, 0.15) is 31.2 Å². The average molecular weight is 231 g/mol. The summed E-state index contributed by atoms with van der Waals surface area (Å²) in [6.07, 6.45) is 5.05. The minimum atomic E-state index is 0.422. The third-order valence-corrected chi connectivity index (χ3v) is 3.37. The lowest BCUT2D eigenvalue weighted by atomic mass is 10.0. The number of rotatable bonds is 6. The van der Waals surface area contributed by atoms with Gasteiger partial charge in [-0.1, -0.05) is 12.1 Å². The van der Waals surface area contributed by atoms with Crippen molar-refractivity contribution < 1.29 is 4.79 Å². The summed E-state index contributed by atoms with van der Waals surface area (Å²) in [4.78, 5) is 13.6. The van der Waals surface area contributed by atoms with Crippen molar-refractivity contribution in [3.05, 3.63) is 29.8 Å². The average Bonchev–Trinajstić information content (AvgIpc) is 3.13. The second-order valence-electron chi connectivity index (χ2n) is 5.16. The van der Waals surface area contributed by atoms with Gasteiger partial charge in [-0.25, -0.2) is 0 Å². The van der Waals surface area contributed by atoms with Crippen molar-refractivity contribution in [1.29, 1.82) is 0 Å². The highest BCUT2D eigenvalue weighted by Crippen LogP contribution is 2.31. The lowest BCUT2D eigenvalue weighted by molar-refractivity contribution is -0.120. The number of hydrogen-bond donors (Lipinski definition) is 0. The Hall–Kier alpha value is -1.31. The van der Waals surface area contributed by atoms with Crippen LogP contribution in [0.2, 0.25) is 0 Å². The molecule has 1 saturated carbocycles. The van der Waals surface area contributed by atoms with Crippen LogP contribution in [0.4, 0.5) is 5.69 Å². The molecule has 92 valence electrons. The molecule has 0 unspecified atom stereocenters. The van der Waals surface area contributed by atoms with Crippen molar-refractivity contribution in [2.45, 2.75) is 32.1 Å². The van der Waals surface area contributed by atoms with E-state index in [2.05, 4.69) is 29.2 Å². The van der Waals surface area contributed by atoms with Crippen LogP contribution in [0, 0.1) is 5.92 Å². The van der Waals surface area contributed by atoms with Gasteiger partial charge < -0.3 is 4.90 Å². The first kappa shape index (κ1) is 12.2. The minimum Gasteiger partial charge on any atom is -0.378 e. The summed E-state index contributed by atoms with van der Waals surface area (Å²) in [7, 11) is 4.09. The van der Waals surface area contributed by atoms with Gasteiger partial charge in [0.15, 0.2) is 0 Å². The molecule has 0 N–H and O–H groups in total. The summed E-state index contributed by atoms with van der Waals surface area (Å²) in [6, 6.07) is 8.60. The van der Waals surface area contributed by atoms with Crippen LogP contribution in [0.15, 0.2) is 24.3 Å². The Morgan fingerprint density at radius 1 is 1.24 bits per heavy atom. The first-order chi connectivity index (χ1) is 8.16. The van der Waals surface area contributed by atoms with Crippen LogP contribution in [0.5, 0.6) is 0 Å². The van der Waals surface area contributed by atoms with Gasteiger partial charge in [0.2, 0.25) is 0 Å². The van der Waals surface area contributed by atoms with Crippen molar-refractivity contribution >= 4 is 11.5 Å². The van der Waals surface area contributed by atoms with Gasteiger partial charge in [-0.2, -0.15) is 0 Å². The highest BCUT2D eigenvalue weighted by molar-refractivity contribution is 5.83. The van der Waals surface area contributed by atoms with E-state index < -0.39 is 0 Å². The van der Waals surface area contributed by atoms with E-state index in [0.29, 0.717) is 11.7 Å². The molecule has 1 aromatic carbocycles. The Morgan fingerprint density at radius 2 is 1.88 bits per heavy atom. The van der Waals surface area contributed by atoms with E-state index in [1.165, 1.54) is 11.3 Å². The van der Waals surface area contributed by atoms with Gasteiger partial charge in [-0.05, 0) is 43.4 Å². The second kappa shape index (κ2) is 5.35. The minimum absolute atomic E-state index is 0.422. The first-order valence-corrected chi connectivity index (χ1v) is 6.46. The molecule has 0 atom stereocenters. The predicted molar refractivity (Wildman–Crippen MR) is 71.4 cm³/mol. The molecule has 1 aliphatic carbocycles. The van der Waals surface area contributed by atoms with E-state index in [1.54, 1.807) is 0 Å². The quantitative estimate of drug-likeness (QED) is 0.750. The number of Topliss-reactive ketones (excluding diaryl/α,β-unsaturated/α-hetero) is 1. The van der Waals surface area contributed by atoms with Crippen LogP contribution in [-0.4, -0.2) is 19.9 Å². The van der Waals surface area contributed by atoms with E-state index in [9.17, 15) is 4.79 Å². The first-order valence-electron chi connectivity index (χ1n) is 6.46. The van der Waals surface area contributed by atoms with Gasteiger partial charge in [0.25, 0.3) is 0 Å². The number of anilines is 1. The normalized spacial score (nSPS) is 14.7. The van der Waals surface area contributed by atoms with E-state index in [4.69, 9.17) is 0 Å². The zero-order chi connectivity index (χ0) is 12.3. The Kier molecular flexibility index (Phi) is 3.82. The summed E-state index contributed by atoms with van der Waals surface area (Å²) in [5.41, 5.74) is 2.56. The van der Waals surface area contributed by atoms with Gasteiger partial charge in [0.05, 0.1) is 0 Å². The van der Waals surface area contributed by atoms with Crippen molar-refractivity contribution in [2.75, 3.05) is 19.0 Å². The molecule has 2 nitrogen and oxygen atoms in total. The maximum absolute atomic E-state index is 11.5. The molecule has 1 aromatic rings. The molecule has 0 bridgehead atoms. The molecule has 2 rings (SSSR count). The van der Waals surface area contributed by atoms with Gasteiger partial charge in [0.1, 0.15) is 5.78 Å². The molecule has 0 amide bonds. The second-order valence-corrected chi connectivity index (χ2v) is 5.16. The fraction of sp³-hybridized carbons (Fsp3) is 0.533. The van der Waals surface area contributed by atoms with Crippen molar-refractivity contribution in [1.82, 2.24) is 0 Å². The number of carbonyl (C=O) groups is 1. The van der Waals surface area contributed by atoms with E-state index >= 15 is 0 Å². The van der Waals surface area contributed by atoms with E-state index in [-0.39, 0.29) is 0 Å². The molecule has 17 heavy (non-hydrogen) atoms. The largest absolute Gasteiger partial charge is 0.378 e. The number of nitrogens with zero attached hydrogens (tertiary/aromatic N) is 1. The molecule has 0 aliphatic heterocycles. The monoisotopic (exact) mass is 231 g/mol. The third kappa shape index (κ3) is 3.58. The molecule has 1 fully saturated rings. The fourth-order valence-corrected chi connectivity index (χ4v) is 2.04. The van der Waals surface area contributed by atoms with Crippen LogP contribution in [0.3, 0.4) is 0 Å². The predicted octanol–water partition coefficient (Wildman–Crippen LogP) is 3.05. The number of ketones is 1. The summed E-state index contributed by atoms with van der Waals surface area (Å²) < 4.78 is 0. The van der Waals surface area contributed by atoms with Gasteiger partial charge in [-0.3, -0.25) is 4.79 Å². The summed E-state index contributed by atoms with van der Waals surface area (Å²) in [5, 5.41) is 0. The SMILES string of the molecule is CN(C)c1ccc(CCCC(=O)C2CC2)cc1. The maximum atomic E-state index is 11.5. The Bertz CT molecular complexity index is 376. The summed E-state index contributed by atoms with van der Waals surface area (Å²) in [6.45, 7) is 0. The van der Waals surface area contributed by atoms with E-state index in [1.807, 2.05) is 14.1 Å². The summed E-state index contributed by atoms with van der Waals surface area (Å²) in [5.74, 6) is 0.904. The molecule has 0 saturated heterocycles. The molecule has 0 spiro atoms. The van der Waals surface area contributed by atoms with Crippen molar-refractivity contribution in [3.8, 4) is 0 Å². The highest BCUT2D eigenvalue weighted by atomic mass is 16.1. The number of aryl methyl sites for hydroxylation is 1. The zero-order valence-electron chi connectivity index (χ0n) is 10.8. The zero-order valence-corrected chi connectivity index (χ0v) is 10.8. The molecule has 0 heterocycles. The Balaban J connectivity index is 1.76. The van der Waals surface area contributed by atoms with Gasteiger partial charge in [0, 0.05) is 32.1 Å². The smallest absolute Gasteiger partial charge is 0.135 e. The molecule has 1 aliphatic rings. The maximum Gasteiger partial charge on any atom is 0.135 e. The molecular weight excluding hydrogens is 210 g/mol. The van der Waals surface area contributed by atoms with Crippen molar-refractivity contribution in [3.63, 3.8) is 0 Å². The fourth-order valence-electron chi connectivity index (χ4n) is 2.04. The topological polar surface area (TPSA) is 20.3 Å². The van der Waals surface area contributed by atoms with Crippen molar-refractivity contribution in [2.24, 2.45) is 5.92 Å². The van der Waals surface area contributed by atoms with Gasteiger partial charge in [-0.15, -0.1) is 0 Å². The van der Waals surface area contributed by atoms with Crippen LogP contribution >= 0.6 is 0 Å². The van der Waals surface area contributed by atoms with Gasteiger partial charge >= 0.3 is 0 Å². The summed E-state index contributed by atoms with van der Waals surface area (Å²) >= 11 is 0. The molecule has 2 heteroatoms.